The lowest BCUT2D eigenvalue weighted by molar-refractivity contribution is 0.0935. The number of carbonyl (C=O) groups excluding carboxylic acids is 1. The van der Waals surface area contributed by atoms with Crippen LogP contribution in [0.5, 0.6) is 0 Å². The van der Waals surface area contributed by atoms with Crippen molar-refractivity contribution in [3.8, 4) is 0 Å². The summed E-state index contributed by atoms with van der Waals surface area (Å²) in [6, 6.07) is 8.93. The molecule has 1 heterocycles. The number of hydrogen-bond donors (Lipinski definition) is 2. The van der Waals surface area contributed by atoms with Gasteiger partial charge in [-0.3, -0.25) is 4.79 Å². The first-order valence-corrected chi connectivity index (χ1v) is 11.1. The number of carbonyl (C=O) groups is 1. The lowest BCUT2D eigenvalue weighted by Crippen LogP contribution is -2.32. The maximum absolute atomic E-state index is 14.5. The van der Waals surface area contributed by atoms with E-state index in [0.717, 1.165) is 47.8 Å². The fourth-order valence-electron chi connectivity index (χ4n) is 3.26. The van der Waals surface area contributed by atoms with Crippen molar-refractivity contribution in [2.45, 2.75) is 49.8 Å². The molecule has 1 amide bonds. The Balaban J connectivity index is 0.00000300. The Labute approximate surface area is 187 Å². The molecule has 0 saturated heterocycles. The molecule has 1 atom stereocenters. The van der Waals surface area contributed by atoms with Gasteiger partial charge in [0, 0.05) is 16.7 Å². The first-order chi connectivity index (χ1) is 13.5. The molecule has 2 aromatic rings. The number of benzene rings is 2. The molecule has 1 aliphatic rings. The van der Waals surface area contributed by atoms with Crippen LogP contribution in [-0.4, -0.2) is 25.0 Å². The van der Waals surface area contributed by atoms with Crippen molar-refractivity contribution in [1.29, 1.82) is 0 Å². The quantitative estimate of drug-likeness (QED) is 0.570. The standard InChI is InChI=1S/C22H26ClFN2OS.ClH/c1-3-14(2)26-22(27)18-6-4-15(12-20(18)24)13-28-21-17-9-11-25-10-8-16(17)5-7-19(21)23;/h4-7,12,14,25H,3,8-11,13H2,1-2H3,(H,26,27);1H. The second-order valence-corrected chi connectivity index (χ2v) is 8.54. The molecule has 0 spiro atoms. The van der Waals surface area contributed by atoms with E-state index in [9.17, 15) is 9.18 Å². The summed E-state index contributed by atoms with van der Waals surface area (Å²) in [5, 5.41) is 6.97. The van der Waals surface area contributed by atoms with Crippen molar-refractivity contribution in [3.05, 3.63) is 63.4 Å². The largest absolute Gasteiger partial charge is 0.350 e. The van der Waals surface area contributed by atoms with Crippen molar-refractivity contribution >= 4 is 41.7 Å². The van der Waals surface area contributed by atoms with Crippen LogP contribution in [0.2, 0.25) is 5.02 Å². The van der Waals surface area contributed by atoms with E-state index in [0.29, 0.717) is 5.75 Å². The zero-order chi connectivity index (χ0) is 20.1. The first kappa shape index (κ1) is 24.0. The number of halogens is 3. The second-order valence-electron chi connectivity index (χ2n) is 7.15. The van der Waals surface area contributed by atoms with Gasteiger partial charge in [0.25, 0.3) is 5.91 Å². The lowest BCUT2D eigenvalue weighted by Gasteiger charge is -2.14. The zero-order valence-electron chi connectivity index (χ0n) is 16.7. The molecule has 7 heteroatoms. The summed E-state index contributed by atoms with van der Waals surface area (Å²) in [5.41, 5.74) is 3.56. The van der Waals surface area contributed by atoms with Crippen molar-refractivity contribution in [2.75, 3.05) is 13.1 Å². The molecule has 29 heavy (non-hydrogen) atoms. The van der Waals surface area contributed by atoms with Gasteiger partial charge in [0.05, 0.1) is 10.6 Å². The van der Waals surface area contributed by atoms with Gasteiger partial charge in [-0.05, 0) is 74.2 Å². The summed E-state index contributed by atoms with van der Waals surface area (Å²) in [4.78, 5) is 13.3. The highest BCUT2D eigenvalue weighted by Gasteiger charge is 2.17. The molecular weight excluding hydrogens is 430 g/mol. The van der Waals surface area contributed by atoms with E-state index in [2.05, 4.69) is 16.7 Å². The van der Waals surface area contributed by atoms with Crippen LogP contribution in [0.15, 0.2) is 35.2 Å². The molecule has 0 aromatic heterocycles. The van der Waals surface area contributed by atoms with E-state index in [-0.39, 0.29) is 29.9 Å². The SMILES string of the molecule is CCC(C)NC(=O)c1ccc(CSc2c(Cl)ccc3c2CCNCC3)cc1F.Cl. The number of hydrogen-bond acceptors (Lipinski definition) is 3. The molecule has 2 aromatic carbocycles. The highest BCUT2D eigenvalue weighted by atomic mass is 35.5. The van der Waals surface area contributed by atoms with Crippen LogP contribution in [0.1, 0.15) is 47.3 Å². The number of nitrogens with one attached hydrogen (secondary N) is 2. The summed E-state index contributed by atoms with van der Waals surface area (Å²) >= 11 is 8.11. The normalized spacial score (nSPS) is 14.3. The third kappa shape index (κ3) is 6.11. The Hall–Kier alpha value is -1.27. The van der Waals surface area contributed by atoms with Crippen LogP contribution in [0.25, 0.3) is 0 Å². The molecule has 158 valence electrons. The van der Waals surface area contributed by atoms with Crippen LogP contribution in [0.3, 0.4) is 0 Å². The summed E-state index contributed by atoms with van der Waals surface area (Å²) in [6.07, 6.45) is 2.75. The summed E-state index contributed by atoms with van der Waals surface area (Å²) in [6.45, 7) is 5.80. The van der Waals surface area contributed by atoms with Gasteiger partial charge in [-0.1, -0.05) is 30.7 Å². The van der Waals surface area contributed by atoms with E-state index in [1.165, 1.54) is 17.2 Å². The highest BCUT2D eigenvalue weighted by molar-refractivity contribution is 7.98. The fraction of sp³-hybridized carbons (Fsp3) is 0.409. The van der Waals surface area contributed by atoms with Crippen LogP contribution in [0.4, 0.5) is 4.39 Å². The molecule has 0 aliphatic carbocycles. The Kier molecular flexibility index (Phi) is 9.28. The molecule has 0 bridgehead atoms. The summed E-state index contributed by atoms with van der Waals surface area (Å²) < 4.78 is 14.5. The van der Waals surface area contributed by atoms with Gasteiger partial charge in [-0.25, -0.2) is 4.39 Å². The zero-order valence-corrected chi connectivity index (χ0v) is 19.1. The van der Waals surface area contributed by atoms with Gasteiger partial charge in [0.15, 0.2) is 0 Å². The Morgan fingerprint density at radius 2 is 2.03 bits per heavy atom. The van der Waals surface area contributed by atoms with Crippen molar-refractivity contribution in [3.63, 3.8) is 0 Å². The molecule has 3 nitrogen and oxygen atoms in total. The van der Waals surface area contributed by atoms with Crippen molar-refractivity contribution in [2.24, 2.45) is 0 Å². The minimum atomic E-state index is -0.485. The van der Waals surface area contributed by atoms with Gasteiger partial charge in [-0.2, -0.15) is 0 Å². The van der Waals surface area contributed by atoms with Crippen LogP contribution >= 0.6 is 35.8 Å². The third-order valence-electron chi connectivity index (χ3n) is 5.08. The number of rotatable bonds is 6. The highest BCUT2D eigenvalue weighted by Crippen LogP contribution is 2.36. The molecule has 0 fully saturated rings. The monoisotopic (exact) mass is 456 g/mol. The molecule has 0 saturated carbocycles. The van der Waals surface area contributed by atoms with E-state index >= 15 is 0 Å². The van der Waals surface area contributed by atoms with Crippen LogP contribution in [0, 0.1) is 5.82 Å². The van der Waals surface area contributed by atoms with Crippen LogP contribution < -0.4 is 10.6 Å². The molecule has 3 rings (SSSR count). The van der Waals surface area contributed by atoms with E-state index in [1.54, 1.807) is 17.8 Å². The van der Waals surface area contributed by atoms with Gasteiger partial charge in [0.1, 0.15) is 5.82 Å². The van der Waals surface area contributed by atoms with Gasteiger partial charge in [-0.15, -0.1) is 24.2 Å². The minimum absolute atomic E-state index is 0. The van der Waals surface area contributed by atoms with Gasteiger partial charge in [0.2, 0.25) is 0 Å². The number of fused-ring (bicyclic) bond motifs is 1. The van der Waals surface area contributed by atoms with Crippen LogP contribution in [-0.2, 0) is 18.6 Å². The van der Waals surface area contributed by atoms with E-state index < -0.39 is 5.82 Å². The molecular formula is C22H27Cl2FN2OS. The summed E-state index contributed by atoms with van der Waals surface area (Å²) in [7, 11) is 0. The van der Waals surface area contributed by atoms with Gasteiger partial charge >= 0.3 is 0 Å². The van der Waals surface area contributed by atoms with Crippen molar-refractivity contribution < 1.29 is 9.18 Å². The topological polar surface area (TPSA) is 41.1 Å². The Bertz CT molecular complexity index is 863. The second kappa shape index (κ2) is 11.2. The third-order valence-corrected chi connectivity index (χ3v) is 6.74. The lowest BCUT2D eigenvalue weighted by atomic mass is 10.0. The van der Waals surface area contributed by atoms with E-state index in [1.807, 2.05) is 26.0 Å². The Morgan fingerprint density at radius 1 is 1.28 bits per heavy atom. The Morgan fingerprint density at radius 3 is 2.76 bits per heavy atom. The molecule has 1 aliphatic heterocycles. The van der Waals surface area contributed by atoms with Gasteiger partial charge < -0.3 is 10.6 Å². The molecule has 1 unspecified atom stereocenters. The maximum atomic E-state index is 14.5. The predicted molar refractivity (Wildman–Crippen MR) is 122 cm³/mol. The maximum Gasteiger partial charge on any atom is 0.254 e. The smallest absolute Gasteiger partial charge is 0.254 e. The van der Waals surface area contributed by atoms with E-state index in [4.69, 9.17) is 11.6 Å². The average molecular weight is 457 g/mol. The average Bonchev–Trinajstić information content (AvgIpc) is 2.92. The number of thioether (sulfide) groups is 1. The predicted octanol–water partition coefficient (Wildman–Crippen LogP) is 5.41. The fourth-order valence-corrected chi connectivity index (χ4v) is 4.70. The molecule has 2 N–H and O–H groups in total. The minimum Gasteiger partial charge on any atom is -0.350 e. The van der Waals surface area contributed by atoms with Crippen molar-refractivity contribution in [1.82, 2.24) is 10.6 Å². The summed E-state index contributed by atoms with van der Waals surface area (Å²) in [5.74, 6) is -0.246. The first-order valence-electron chi connectivity index (χ1n) is 9.72. The molecule has 0 radical (unpaired) electrons. The number of amides is 1.